The van der Waals surface area contributed by atoms with Crippen molar-refractivity contribution in [3.63, 3.8) is 0 Å². The van der Waals surface area contributed by atoms with Crippen molar-refractivity contribution in [2.75, 3.05) is 18.8 Å². The van der Waals surface area contributed by atoms with E-state index in [1.807, 2.05) is 39.0 Å². The van der Waals surface area contributed by atoms with Gasteiger partial charge in [-0.05, 0) is 39.0 Å². The minimum atomic E-state index is -0.472. The van der Waals surface area contributed by atoms with E-state index in [1.165, 1.54) is 0 Å². The van der Waals surface area contributed by atoms with Crippen LogP contribution in [0.1, 0.15) is 33.6 Å². The maximum absolute atomic E-state index is 12.1. The van der Waals surface area contributed by atoms with Gasteiger partial charge in [-0.2, -0.15) is 0 Å². The second kappa shape index (κ2) is 6.78. The Hall–Kier alpha value is -2.50. The van der Waals surface area contributed by atoms with Gasteiger partial charge < -0.3 is 20.1 Å². The Morgan fingerprint density at radius 3 is 2.60 bits per heavy atom. The van der Waals surface area contributed by atoms with Gasteiger partial charge in [0, 0.05) is 54.8 Å². The van der Waals surface area contributed by atoms with Gasteiger partial charge >= 0.3 is 6.09 Å². The van der Waals surface area contributed by atoms with Crippen molar-refractivity contribution in [1.82, 2.24) is 9.88 Å². The molecule has 0 bridgehead atoms. The van der Waals surface area contributed by atoms with Gasteiger partial charge in [-0.25, -0.2) is 4.79 Å². The van der Waals surface area contributed by atoms with Crippen LogP contribution in [0.25, 0.3) is 10.8 Å². The number of anilines is 1. The number of nitrogens with two attached hydrogens (primary N) is 1. The van der Waals surface area contributed by atoms with Crippen LogP contribution in [0.3, 0.4) is 0 Å². The molecule has 2 N–H and O–H groups in total. The molecule has 1 aliphatic rings. The lowest BCUT2D eigenvalue weighted by Gasteiger charge is -2.33. The first-order valence-electron chi connectivity index (χ1n) is 8.60. The Kier molecular flexibility index (Phi) is 4.70. The number of rotatable bonds is 2. The molecule has 6 nitrogen and oxygen atoms in total. The lowest BCUT2D eigenvalue weighted by atomic mass is 10.1. The largest absolute Gasteiger partial charge is 0.490 e. The van der Waals surface area contributed by atoms with Gasteiger partial charge in [-0.3, -0.25) is 4.98 Å². The Morgan fingerprint density at radius 1 is 1.20 bits per heavy atom. The molecule has 25 heavy (non-hydrogen) atoms. The van der Waals surface area contributed by atoms with Crippen molar-refractivity contribution in [3.05, 3.63) is 30.6 Å². The third-order valence-electron chi connectivity index (χ3n) is 4.20. The Morgan fingerprint density at radius 2 is 1.92 bits per heavy atom. The maximum atomic E-state index is 12.1. The molecule has 2 aromatic rings. The van der Waals surface area contributed by atoms with Crippen LogP contribution < -0.4 is 10.5 Å². The molecule has 0 aliphatic carbocycles. The number of hydrogen-bond donors (Lipinski definition) is 1. The SMILES string of the molecule is CC(C)(C)OC(=O)N1CCC(Oc2ccc(N)c3ccncc23)CC1. The topological polar surface area (TPSA) is 77.7 Å². The second-order valence-corrected chi connectivity index (χ2v) is 7.36. The fraction of sp³-hybridized carbons (Fsp3) is 0.474. The first-order chi connectivity index (χ1) is 11.8. The zero-order valence-electron chi connectivity index (χ0n) is 15.0. The lowest BCUT2D eigenvalue weighted by Crippen LogP contribution is -2.44. The van der Waals surface area contributed by atoms with Crippen molar-refractivity contribution in [1.29, 1.82) is 0 Å². The average molecular weight is 343 g/mol. The van der Waals surface area contributed by atoms with Crippen molar-refractivity contribution < 1.29 is 14.3 Å². The Bertz CT molecular complexity index is 762. The summed E-state index contributed by atoms with van der Waals surface area (Å²) in [5.74, 6) is 0.785. The van der Waals surface area contributed by atoms with Crippen molar-refractivity contribution in [2.24, 2.45) is 0 Å². The fourth-order valence-electron chi connectivity index (χ4n) is 2.95. The number of carbonyl (C=O) groups is 1. The molecule has 3 rings (SSSR count). The summed E-state index contributed by atoms with van der Waals surface area (Å²) in [5.41, 5.74) is 6.26. The van der Waals surface area contributed by atoms with Crippen LogP contribution in [0.2, 0.25) is 0 Å². The number of ether oxygens (including phenoxy) is 2. The summed E-state index contributed by atoms with van der Waals surface area (Å²) >= 11 is 0. The number of aromatic nitrogens is 1. The number of hydrogen-bond acceptors (Lipinski definition) is 5. The molecular formula is C19H25N3O3. The van der Waals surface area contributed by atoms with E-state index < -0.39 is 5.60 Å². The number of benzene rings is 1. The molecule has 0 radical (unpaired) electrons. The number of amides is 1. The van der Waals surface area contributed by atoms with E-state index >= 15 is 0 Å². The number of nitrogen functional groups attached to an aromatic ring is 1. The van der Waals surface area contributed by atoms with Gasteiger partial charge in [-0.15, -0.1) is 0 Å². The van der Waals surface area contributed by atoms with Gasteiger partial charge in [0.05, 0.1) is 0 Å². The summed E-state index contributed by atoms with van der Waals surface area (Å²) in [7, 11) is 0. The minimum absolute atomic E-state index is 0.0608. The van der Waals surface area contributed by atoms with Crippen molar-refractivity contribution in [3.8, 4) is 5.75 Å². The maximum Gasteiger partial charge on any atom is 0.410 e. The van der Waals surface area contributed by atoms with Crippen LogP contribution in [-0.2, 0) is 4.74 Å². The van der Waals surface area contributed by atoms with Crippen LogP contribution in [0.4, 0.5) is 10.5 Å². The first kappa shape index (κ1) is 17.3. The predicted octanol–water partition coefficient (Wildman–Crippen LogP) is 3.60. The molecule has 0 unspecified atom stereocenters. The van der Waals surface area contributed by atoms with E-state index in [9.17, 15) is 4.79 Å². The number of piperidine rings is 1. The molecule has 1 amide bonds. The van der Waals surface area contributed by atoms with E-state index in [-0.39, 0.29) is 12.2 Å². The Balaban J connectivity index is 1.63. The molecule has 2 heterocycles. The standard InChI is InChI=1S/C19H25N3O3/c1-19(2,3)25-18(23)22-10-7-13(8-11-22)24-17-5-4-16(20)14-6-9-21-12-15(14)17/h4-6,9,12-13H,7-8,10-11,20H2,1-3H3. The smallest absolute Gasteiger partial charge is 0.410 e. The molecule has 0 atom stereocenters. The molecular weight excluding hydrogens is 318 g/mol. The second-order valence-electron chi connectivity index (χ2n) is 7.36. The van der Waals surface area contributed by atoms with Crippen molar-refractivity contribution in [2.45, 2.75) is 45.3 Å². The van der Waals surface area contributed by atoms with E-state index in [1.54, 1.807) is 17.3 Å². The molecule has 1 aromatic carbocycles. The molecule has 1 aliphatic heterocycles. The first-order valence-corrected chi connectivity index (χ1v) is 8.60. The third kappa shape index (κ3) is 4.13. The summed E-state index contributed by atoms with van der Waals surface area (Å²) < 4.78 is 11.6. The fourth-order valence-corrected chi connectivity index (χ4v) is 2.95. The van der Waals surface area contributed by atoms with E-state index in [4.69, 9.17) is 15.2 Å². The number of nitrogens with zero attached hydrogens (tertiary/aromatic N) is 2. The van der Waals surface area contributed by atoms with Crippen LogP contribution in [0.15, 0.2) is 30.6 Å². The molecule has 0 saturated carbocycles. The number of likely N-dealkylation sites (tertiary alicyclic amines) is 1. The zero-order valence-corrected chi connectivity index (χ0v) is 15.0. The highest BCUT2D eigenvalue weighted by atomic mass is 16.6. The predicted molar refractivity (Wildman–Crippen MR) is 97.6 cm³/mol. The van der Waals surface area contributed by atoms with Crippen LogP contribution in [0, 0.1) is 0 Å². The monoisotopic (exact) mass is 343 g/mol. The van der Waals surface area contributed by atoms with Gasteiger partial charge in [0.1, 0.15) is 17.5 Å². The van der Waals surface area contributed by atoms with E-state index in [0.717, 1.165) is 29.4 Å². The van der Waals surface area contributed by atoms with Gasteiger partial charge in [0.25, 0.3) is 0 Å². The molecule has 1 fully saturated rings. The van der Waals surface area contributed by atoms with Gasteiger partial charge in [-0.1, -0.05) is 0 Å². The zero-order chi connectivity index (χ0) is 18.0. The van der Waals surface area contributed by atoms with Crippen LogP contribution >= 0.6 is 0 Å². The summed E-state index contributed by atoms with van der Waals surface area (Å²) in [6.45, 7) is 6.89. The summed E-state index contributed by atoms with van der Waals surface area (Å²) in [4.78, 5) is 18.0. The highest BCUT2D eigenvalue weighted by molar-refractivity contribution is 5.96. The highest BCUT2D eigenvalue weighted by Crippen LogP contribution is 2.31. The summed E-state index contributed by atoms with van der Waals surface area (Å²) in [5, 5.41) is 1.86. The van der Waals surface area contributed by atoms with Crippen LogP contribution in [0.5, 0.6) is 5.75 Å². The van der Waals surface area contributed by atoms with Gasteiger partial charge in [0.15, 0.2) is 0 Å². The van der Waals surface area contributed by atoms with Gasteiger partial charge in [0.2, 0.25) is 0 Å². The molecule has 134 valence electrons. The summed E-state index contributed by atoms with van der Waals surface area (Å²) in [6.07, 6.45) is 4.84. The van der Waals surface area contributed by atoms with E-state index in [2.05, 4.69) is 4.98 Å². The number of pyridine rings is 1. The quantitative estimate of drug-likeness (QED) is 0.843. The van der Waals surface area contributed by atoms with Crippen LogP contribution in [-0.4, -0.2) is 40.8 Å². The highest BCUT2D eigenvalue weighted by Gasteiger charge is 2.27. The number of fused-ring (bicyclic) bond motifs is 1. The molecule has 6 heteroatoms. The molecule has 0 spiro atoms. The lowest BCUT2D eigenvalue weighted by molar-refractivity contribution is 0.0128. The Labute approximate surface area is 147 Å². The molecule has 1 aromatic heterocycles. The molecule has 1 saturated heterocycles. The third-order valence-corrected chi connectivity index (χ3v) is 4.20. The normalized spacial score (nSPS) is 16.0. The van der Waals surface area contributed by atoms with E-state index in [0.29, 0.717) is 18.8 Å². The minimum Gasteiger partial charge on any atom is -0.490 e. The number of carbonyl (C=O) groups excluding carboxylic acids is 1. The van der Waals surface area contributed by atoms with Crippen molar-refractivity contribution >= 4 is 22.6 Å². The summed E-state index contributed by atoms with van der Waals surface area (Å²) in [6, 6.07) is 5.63. The average Bonchev–Trinajstić information content (AvgIpc) is 2.57.